The molecule has 6 nitrogen and oxygen atoms in total. The van der Waals surface area contributed by atoms with E-state index in [1.54, 1.807) is 36.4 Å². The lowest BCUT2D eigenvalue weighted by Crippen LogP contribution is -2.15. The lowest BCUT2D eigenvalue weighted by Gasteiger charge is -2.14. The monoisotopic (exact) mass is 424 g/mol. The topological polar surface area (TPSA) is 84.5 Å². The van der Waals surface area contributed by atoms with Crippen LogP contribution in [0.2, 0.25) is 0 Å². The van der Waals surface area contributed by atoms with Crippen molar-refractivity contribution in [3.05, 3.63) is 83.9 Å². The maximum atomic E-state index is 12.6. The van der Waals surface area contributed by atoms with Gasteiger partial charge in [0.05, 0.1) is 12.0 Å². The summed E-state index contributed by atoms with van der Waals surface area (Å²) in [6.45, 7) is 4.13. The first-order valence-electron chi connectivity index (χ1n) is 9.47. The van der Waals surface area contributed by atoms with E-state index >= 15 is 0 Å². The van der Waals surface area contributed by atoms with Crippen molar-refractivity contribution in [1.29, 1.82) is 0 Å². The molecular weight excluding hydrogens is 400 g/mol. The molecule has 0 fully saturated rings. The Balaban J connectivity index is 1.72. The van der Waals surface area contributed by atoms with Gasteiger partial charge in [-0.15, -0.1) is 0 Å². The number of hydrogen-bond donors (Lipinski definition) is 2. The van der Waals surface area contributed by atoms with Crippen molar-refractivity contribution in [2.75, 3.05) is 17.1 Å². The van der Waals surface area contributed by atoms with Crippen molar-refractivity contribution in [2.24, 2.45) is 0 Å². The molecule has 3 aromatic rings. The van der Waals surface area contributed by atoms with Crippen molar-refractivity contribution >= 4 is 27.3 Å². The number of sulfonamides is 1. The molecular formula is C23H24N2O4S. The van der Waals surface area contributed by atoms with Gasteiger partial charge in [0, 0.05) is 16.9 Å². The van der Waals surface area contributed by atoms with Gasteiger partial charge in [-0.05, 0) is 66.1 Å². The number of rotatable bonds is 7. The van der Waals surface area contributed by atoms with Crippen LogP contribution in [0.5, 0.6) is 5.75 Å². The highest BCUT2D eigenvalue weighted by Gasteiger charge is 2.15. The van der Waals surface area contributed by atoms with E-state index in [9.17, 15) is 13.2 Å². The highest BCUT2D eigenvalue weighted by atomic mass is 32.2. The highest BCUT2D eigenvalue weighted by molar-refractivity contribution is 7.92. The Morgan fingerprint density at radius 2 is 1.53 bits per heavy atom. The normalized spacial score (nSPS) is 11.2. The van der Waals surface area contributed by atoms with Crippen LogP contribution in [0.4, 0.5) is 11.4 Å². The van der Waals surface area contributed by atoms with Gasteiger partial charge in [0.2, 0.25) is 0 Å². The molecule has 0 unspecified atom stereocenters. The molecule has 0 aliphatic rings. The van der Waals surface area contributed by atoms with Gasteiger partial charge in [-0.3, -0.25) is 9.52 Å². The van der Waals surface area contributed by atoms with Gasteiger partial charge < -0.3 is 10.1 Å². The van der Waals surface area contributed by atoms with E-state index in [2.05, 4.69) is 23.9 Å². The lowest BCUT2D eigenvalue weighted by molar-refractivity contribution is 0.102. The maximum absolute atomic E-state index is 12.6. The van der Waals surface area contributed by atoms with Crippen molar-refractivity contribution in [1.82, 2.24) is 0 Å². The summed E-state index contributed by atoms with van der Waals surface area (Å²) >= 11 is 0. The van der Waals surface area contributed by atoms with Gasteiger partial charge in [-0.2, -0.15) is 0 Å². The van der Waals surface area contributed by atoms with Gasteiger partial charge in [0.1, 0.15) is 5.75 Å². The van der Waals surface area contributed by atoms with E-state index in [4.69, 9.17) is 4.74 Å². The van der Waals surface area contributed by atoms with E-state index in [0.717, 1.165) is 11.3 Å². The minimum atomic E-state index is -3.74. The number of amides is 1. The third kappa shape index (κ3) is 4.99. The van der Waals surface area contributed by atoms with Gasteiger partial charge in [-0.1, -0.05) is 32.0 Å². The molecule has 7 heteroatoms. The van der Waals surface area contributed by atoms with E-state index in [0.29, 0.717) is 17.0 Å². The summed E-state index contributed by atoms with van der Waals surface area (Å²) in [5.41, 5.74) is 2.61. The number of carbonyl (C=O) groups is 1. The summed E-state index contributed by atoms with van der Waals surface area (Å²) in [6, 6.07) is 20.0. The standard InChI is InChI=1S/C23H24N2O4S/c1-16(2)21-6-4-5-7-22(21)24-23(26)17-8-10-18(11-9-17)25-30(27,28)20-14-12-19(29-3)13-15-20/h4-16,25H,1-3H3,(H,24,26). The quantitative estimate of drug-likeness (QED) is 0.567. The minimum absolute atomic E-state index is 0.121. The van der Waals surface area contributed by atoms with Crippen LogP contribution in [-0.4, -0.2) is 21.4 Å². The first-order valence-corrected chi connectivity index (χ1v) is 11.0. The zero-order chi connectivity index (χ0) is 21.7. The van der Waals surface area contributed by atoms with Crippen LogP contribution < -0.4 is 14.8 Å². The molecule has 1 amide bonds. The number of benzene rings is 3. The van der Waals surface area contributed by atoms with Crippen molar-refractivity contribution in [3.8, 4) is 5.75 Å². The van der Waals surface area contributed by atoms with E-state index in [1.165, 1.54) is 19.2 Å². The molecule has 0 aliphatic heterocycles. The number of hydrogen-bond acceptors (Lipinski definition) is 4. The van der Waals surface area contributed by atoms with E-state index < -0.39 is 10.0 Å². The Morgan fingerprint density at radius 3 is 2.13 bits per heavy atom. The molecule has 0 atom stereocenters. The number of methoxy groups -OCH3 is 1. The summed E-state index contributed by atoms with van der Waals surface area (Å²) in [6.07, 6.45) is 0. The minimum Gasteiger partial charge on any atom is -0.497 e. The van der Waals surface area contributed by atoms with Crippen molar-refractivity contribution < 1.29 is 17.9 Å². The zero-order valence-electron chi connectivity index (χ0n) is 17.0. The number of carbonyl (C=O) groups excluding carboxylic acids is 1. The summed E-state index contributed by atoms with van der Waals surface area (Å²) in [5.74, 6) is 0.590. The Kier molecular flexibility index (Phi) is 6.42. The molecule has 0 spiro atoms. The summed E-state index contributed by atoms with van der Waals surface area (Å²) in [7, 11) is -2.23. The lowest BCUT2D eigenvalue weighted by atomic mass is 10.0. The van der Waals surface area contributed by atoms with E-state index in [-0.39, 0.29) is 16.7 Å². The molecule has 3 aromatic carbocycles. The number of ether oxygens (including phenoxy) is 1. The molecule has 0 bridgehead atoms. The molecule has 0 saturated carbocycles. The highest BCUT2D eigenvalue weighted by Crippen LogP contribution is 2.25. The second-order valence-corrected chi connectivity index (χ2v) is 8.74. The predicted octanol–water partition coefficient (Wildman–Crippen LogP) is 4.87. The Hall–Kier alpha value is -3.32. The van der Waals surface area contributed by atoms with Crippen LogP contribution in [0.15, 0.2) is 77.7 Å². The molecule has 30 heavy (non-hydrogen) atoms. The first kappa shape index (κ1) is 21.4. The molecule has 0 aromatic heterocycles. The molecule has 0 aliphatic carbocycles. The fourth-order valence-corrected chi connectivity index (χ4v) is 4.03. The molecule has 0 radical (unpaired) electrons. The molecule has 0 heterocycles. The van der Waals surface area contributed by atoms with Crippen molar-refractivity contribution in [2.45, 2.75) is 24.7 Å². The van der Waals surface area contributed by atoms with Crippen molar-refractivity contribution in [3.63, 3.8) is 0 Å². The predicted molar refractivity (Wildman–Crippen MR) is 119 cm³/mol. The number of para-hydroxylation sites is 1. The average Bonchev–Trinajstić information content (AvgIpc) is 2.74. The summed E-state index contributed by atoms with van der Waals surface area (Å²) in [5, 5.41) is 2.92. The zero-order valence-corrected chi connectivity index (χ0v) is 17.9. The molecule has 156 valence electrons. The number of anilines is 2. The first-order chi connectivity index (χ1) is 14.3. The molecule has 2 N–H and O–H groups in total. The van der Waals surface area contributed by atoms with Crippen LogP contribution in [0.25, 0.3) is 0 Å². The third-order valence-electron chi connectivity index (χ3n) is 4.60. The Morgan fingerprint density at radius 1 is 0.900 bits per heavy atom. The second kappa shape index (κ2) is 9.00. The fourth-order valence-electron chi connectivity index (χ4n) is 2.97. The summed E-state index contributed by atoms with van der Waals surface area (Å²) < 4.78 is 32.6. The van der Waals surface area contributed by atoms with Gasteiger partial charge in [0.25, 0.3) is 15.9 Å². The largest absolute Gasteiger partial charge is 0.497 e. The van der Waals surface area contributed by atoms with Crippen LogP contribution >= 0.6 is 0 Å². The van der Waals surface area contributed by atoms with Crippen LogP contribution in [0, 0.1) is 0 Å². The van der Waals surface area contributed by atoms with Crippen LogP contribution in [0.3, 0.4) is 0 Å². The Labute approximate surface area is 177 Å². The molecule has 0 saturated heterocycles. The van der Waals surface area contributed by atoms with Gasteiger partial charge >= 0.3 is 0 Å². The van der Waals surface area contributed by atoms with Gasteiger partial charge in [0.15, 0.2) is 0 Å². The third-order valence-corrected chi connectivity index (χ3v) is 6.00. The SMILES string of the molecule is COc1ccc(S(=O)(=O)Nc2ccc(C(=O)Nc3ccccc3C(C)C)cc2)cc1. The number of nitrogens with one attached hydrogen (secondary N) is 2. The van der Waals surface area contributed by atoms with Crippen LogP contribution in [0.1, 0.15) is 35.7 Å². The summed E-state index contributed by atoms with van der Waals surface area (Å²) in [4.78, 5) is 12.7. The smallest absolute Gasteiger partial charge is 0.261 e. The maximum Gasteiger partial charge on any atom is 0.261 e. The van der Waals surface area contributed by atoms with Crippen LogP contribution in [-0.2, 0) is 10.0 Å². The second-order valence-electron chi connectivity index (χ2n) is 7.05. The fraction of sp³-hybridized carbons (Fsp3) is 0.174. The Bertz CT molecular complexity index is 1120. The molecule has 3 rings (SSSR count). The average molecular weight is 425 g/mol. The van der Waals surface area contributed by atoms with Gasteiger partial charge in [-0.25, -0.2) is 8.42 Å². The van der Waals surface area contributed by atoms with E-state index in [1.807, 2.05) is 24.3 Å².